The molecule has 0 atom stereocenters. The van der Waals surface area contributed by atoms with Gasteiger partial charge in [-0.2, -0.15) is 9.78 Å². The summed E-state index contributed by atoms with van der Waals surface area (Å²) in [5.41, 5.74) is 1.54. The van der Waals surface area contributed by atoms with Crippen molar-refractivity contribution in [3.8, 4) is 11.4 Å². The normalized spacial score (nSPS) is 11.5. The first-order valence-electron chi connectivity index (χ1n) is 9.44. The number of aromatic nitrogens is 3. The smallest absolute Gasteiger partial charge is 0.351 e. The summed E-state index contributed by atoms with van der Waals surface area (Å²) in [6, 6.07) is 10.7. The van der Waals surface area contributed by atoms with E-state index in [1.54, 1.807) is 35.8 Å². The minimum atomic E-state index is -1.34. The molecule has 158 valence electrons. The van der Waals surface area contributed by atoms with Crippen molar-refractivity contribution in [1.29, 1.82) is 0 Å². The van der Waals surface area contributed by atoms with Crippen molar-refractivity contribution in [3.63, 3.8) is 0 Å². The van der Waals surface area contributed by atoms with Crippen LogP contribution in [0, 0.1) is 20.8 Å². The van der Waals surface area contributed by atoms with Gasteiger partial charge in [-0.15, -0.1) is 0 Å². The molecule has 1 heterocycles. The Morgan fingerprint density at radius 1 is 1.13 bits per heavy atom. The topological polar surface area (TPSA) is 86.4 Å². The molecule has 0 unspecified atom stereocenters. The van der Waals surface area contributed by atoms with Gasteiger partial charge in [0, 0.05) is 5.02 Å². The fraction of sp³-hybridized carbons (Fsp3) is 0.318. The molecule has 0 spiro atoms. The van der Waals surface area contributed by atoms with Crippen LogP contribution in [-0.4, -0.2) is 31.0 Å². The molecule has 0 aliphatic carbocycles. The quantitative estimate of drug-likeness (QED) is 0.642. The fourth-order valence-electron chi connectivity index (χ4n) is 3.20. The van der Waals surface area contributed by atoms with Gasteiger partial charge in [0.25, 0.3) is 0 Å². The maximum absolute atomic E-state index is 12.9. The van der Waals surface area contributed by atoms with Crippen LogP contribution in [0.3, 0.4) is 0 Å². The highest BCUT2D eigenvalue weighted by molar-refractivity contribution is 6.30. The van der Waals surface area contributed by atoms with E-state index in [9.17, 15) is 14.7 Å². The number of halogens is 1. The molecule has 3 rings (SSSR count). The molecule has 0 radical (unpaired) electrons. The van der Waals surface area contributed by atoms with Gasteiger partial charge in [0.15, 0.2) is 5.60 Å². The van der Waals surface area contributed by atoms with Gasteiger partial charge in [0.05, 0.1) is 12.2 Å². The Bertz CT molecular complexity index is 1140. The number of carbonyl (C=O) groups is 1. The Morgan fingerprint density at radius 3 is 2.23 bits per heavy atom. The van der Waals surface area contributed by atoms with E-state index in [0.29, 0.717) is 28.8 Å². The number of carboxylic acid groups (broad SMARTS) is 1. The molecule has 0 aliphatic heterocycles. The Morgan fingerprint density at radius 2 is 1.70 bits per heavy atom. The first-order chi connectivity index (χ1) is 14.0. The zero-order valence-corrected chi connectivity index (χ0v) is 18.3. The predicted molar refractivity (Wildman–Crippen MR) is 115 cm³/mol. The maximum atomic E-state index is 12.9. The monoisotopic (exact) mass is 429 g/mol. The van der Waals surface area contributed by atoms with Crippen LogP contribution in [0.4, 0.5) is 0 Å². The number of carboxylic acids is 1. The first-order valence-corrected chi connectivity index (χ1v) is 9.82. The van der Waals surface area contributed by atoms with Crippen LogP contribution >= 0.6 is 11.6 Å². The highest BCUT2D eigenvalue weighted by Gasteiger charge is 2.30. The second-order valence-corrected chi connectivity index (χ2v) is 8.22. The molecule has 3 aromatic rings. The molecule has 1 N–H and O–H groups in total. The van der Waals surface area contributed by atoms with Crippen molar-refractivity contribution < 1.29 is 14.6 Å². The van der Waals surface area contributed by atoms with Crippen molar-refractivity contribution in [2.45, 2.75) is 46.8 Å². The molecule has 1 aromatic heterocycles. The number of aliphatic carboxylic acids is 1. The number of aryl methyl sites for hydroxylation is 3. The SMILES string of the molecule is Cc1cc(Cn2c(C)nn(-c3ccc(Cl)cc3)c2=O)cc(C)c1OC(C)(C)C(=O)O. The molecule has 0 amide bonds. The summed E-state index contributed by atoms with van der Waals surface area (Å²) in [5.74, 6) is 0.0758. The summed E-state index contributed by atoms with van der Waals surface area (Å²) >= 11 is 5.93. The highest BCUT2D eigenvalue weighted by Crippen LogP contribution is 2.29. The van der Waals surface area contributed by atoms with Crippen LogP contribution in [0.25, 0.3) is 5.69 Å². The minimum Gasteiger partial charge on any atom is -0.478 e. The number of benzene rings is 2. The molecule has 2 aromatic carbocycles. The number of hydrogen-bond donors (Lipinski definition) is 1. The number of ether oxygens (including phenoxy) is 1. The van der Waals surface area contributed by atoms with Crippen LogP contribution in [-0.2, 0) is 11.3 Å². The van der Waals surface area contributed by atoms with Crippen LogP contribution in [0.5, 0.6) is 5.75 Å². The van der Waals surface area contributed by atoms with Crippen molar-refractivity contribution >= 4 is 17.6 Å². The van der Waals surface area contributed by atoms with Crippen LogP contribution < -0.4 is 10.4 Å². The van der Waals surface area contributed by atoms with Crippen molar-refractivity contribution in [2.75, 3.05) is 0 Å². The van der Waals surface area contributed by atoms with Crippen LogP contribution in [0.1, 0.15) is 36.4 Å². The van der Waals surface area contributed by atoms with Crippen molar-refractivity contribution in [2.24, 2.45) is 0 Å². The van der Waals surface area contributed by atoms with E-state index in [4.69, 9.17) is 16.3 Å². The number of rotatable bonds is 6. The molecule has 7 nitrogen and oxygen atoms in total. The maximum Gasteiger partial charge on any atom is 0.351 e. The number of nitrogens with zero attached hydrogens (tertiary/aromatic N) is 3. The Hall–Kier alpha value is -3.06. The summed E-state index contributed by atoms with van der Waals surface area (Å²) in [7, 11) is 0. The highest BCUT2D eigenvalue weighted by atomic mass is 35.5. The van der Waals surface area contributed by atoms with Crippen LogP contribution in [0.2, 0.25) is 5.02 Å². The second-order valence-electron chi connectivity index (χ2n) is 7.78. The van der Waals surface area contributed by atoms with Gasteiger partial charge in [-0.1, -0.05) is 23.7 Å². The fourth-order valence-corrected chi connectivity index (χ4v) is 3.33. The zero-order valence-electron chi connectivity index (χ0n) is 17.6. The van der Waals surface area contributed by atoms with Gasteiger partial charge in [-0.3, -0.25) is 4.57 Å². The third-order valence-electron chi connectivity index (χ3n) is 4.85. The molecule has 0 aliphatic rings. The summed E-state index contributed by atoms with van der Waals surface area (Å²) in [4.78, 5) is 24.3. The van der Waals surface area contributed by atoms with Gasteiger partial charge in [-0.25, -0.2) is 9.59 Å². The molecular formula is C22H24ClN3O4. The molecule has 0 saturated carbocycles. The minimum absolute atomic E-state index is 0.252. The lowest BCUT2D eigenvalue weighted by Gasteiger charge is -2.24. The average molecular weight is 430 g/mol. The molecule has 0 bridgehead atoms. The third kappa shape index (κ3) is 4.26. The van der Waals surface area contributed by atoms with Crippen molar-refractivity contribution in [3.05, 3.63) is 74.4 Å². The van der Waals surface area contributed by atoms with Gasteiger partial charge in [0.1, 0.15) is 11.6 Å². The van der Waals surface area contributed by atoms with E-state index < -0.39 is 11.6 Å². The third-order valence-corrected chi connectivity index (χ3v) is 5.10. The van der Waals surface area contributed by atoms with E-state index in [1.165, 1.54) is 18.5 Å². The Kier molecular flexibility index (Phi) is 5.76. The van der Waals surface area contributed by atoms with Crippen molar-refractivity contribution in [1.82, 2.24) is 14.3 Å². The molecule has 8 heteroatoms. The molecule has 30 heavy (non-hydrogen) atoms. The second kappa shape index (κ2) is 7.99. The lowest BCUT2D eigenvalue weighted by Crippen LogP contribution is -2.38. The van der Waals surface area contributed by atoms with E-state index in [-0.39, 0.29) is 5.69 Å². The van der Waals surface area contributed by atoms with Crippen LogP contribution in [0.15, 0.2) is 41.2 Å². The lowest BCUT2D eigenvalue weighted by molar-refractivity contribution is -0.152. The molecular weight excluding hydrogens is 406 g/mol. The lowest BCUT2D eigenvalue weighted by atomic mass is 10.0. The van der Waals surface area contributed by atoms with E-state index in [2.05, 4.69) is 5.10 Å². The Balaban J connectivity index is 1.93. The van der Waals surface area contributed by atoms with E-state index >= 15 is 0 Å². The summed E-state index contributed by atoms with van der Waals surface area (Å²) in [6.45, 7) is 8.85. The zero-order chi connectivity index (χ0) is 22.2. The van der Waals surface area contributed by atoms with Gasteiger partial charge in [-0.05, 0) is 75.6 Å². The van der Waals surface area contributed by atoms with Gasteiger partial charge < -0.3 is 9.84 Å². The largest absolute Gasteiger partial charge is 0.478 e. The van der Waals surface area contributed by atoms with Gasteiger partial charge in [0.2, 0.25) is 0 Å². The first kappa shape index (κ1) is 21.6. The van der Waals surface area contributed by atoms with E-state index in [0.717, 1.165) is 16.7 Å². The number of hydrogen-bond acceptors (Lipinski definition) is 4. The van der Waals surface area contributed by atoms with Gasteiger partial charge >= 0.3 is 11.7 Å². The standard InChI is InChI=1S/C22H24ClN3O4/c1-13-10-16(11-14(2)19(13)30-22(4,5)20(27)28)12-25-15(3)24-26(21(25)29)18-8-6-17(23)7-9-18/h6-11H,12H2,1-5H3,(H,27,28). The summed E-state index contributed by atoms with van der Waals surface area (Å²) in [6.07, 6.45) is 0. The molecule has 0 saturated heterocycles. The summed E-state index contributed by atoms with van der Waals surface area (Å²) < 4.78 is 8.69. The Labute approximate surface area is 179 Å². The van der Waals surface area contributed by atoms with E-state index in [1.807, 2.05) is 26.0 Å². The molecule has 0 fully saturated rings. The predicted octanol–water partition coefficient (Wildman–Crippen LogP) is 3.90. The summed E-state index contributed by atoms with van der Waals surface area (Å²) in [5, 5.41) is 14.3. The average Bonchev–Trinajstić information content (AvgIpc) is 2.93.